The molecule has 0 spiro atoms. The Balaban J connectivity index is 0.00000208. The molecule has 0 bridgehead atoms. The van der Waals surface area contributed by atoms with Gasteiger partial charge in [-0.3, -0.25) is 14.5 Å². The van der Waals surface area contributed by atoms with Crippen molar-refractivity contribution >= 4 is 24.2 Å². The van der Waals surface area contributed by atoms with Crippen molar-refractivity contribution in [2.75, 3.05) is 45.8 Å². The predicted molar refractivity (Wildman–Crippen MR) is 95.9 cm³/mol. The summed E-state index contributed by atoms with van der Waals surface area (Å²) in [6, 6.07) is 0.214. The van der Waals surface area contributed by atoms with Crippen LogP contribution in [0.25, 0.3) is 0 Å². The van der Waals surface area contributed by atoms with E-state index in [1.54, 1.807) is 0 Å². The van der Waals surface area contributed by atoms with Crippen LogP contribution in [0, 0.1) is 11.3 Å². The number of carbonyl (C=O) groups is 2. The maximum atomic E-state index is 12.5. The van der Waals surface area contributed by atoms with Crippen molar-refractivity contribution in [1.29, 1.82) is 0 Å². The molecule has 6 nitrogen and oxygen atoms in total. The first-order chi connectivity index (χ1) is 10.9. The van der Waals surface area contributed by atoms with E-state index in [0.29, 0.717) is 38.6 Å². The molecular formula is C17H31ClN4O2. The van der Waals surface area contributed by atoms with E-state index in [0.717, 1.165) is 32.4 Å². The fourth-order valence-corrected chi connectivity index (χ4v) is 3.68. The summed E-state index contributed by atoms with van der Waals surface area (Å²) >= 11 is 0. The maximum absolute atomic E-state index is 12.5. The lowest BCUT2D eigenvalue weighted by atomic mass is 9.80. The number of halogens is 1. The monoisotopic (exact) mass is 358 g/mol. The normalized spacial score (nSPS) is 27.5. The fraction of sp³-hybridized carbons (Fsp3) is 0.882. The van der Waals surface area contributed by atoms with Gasteiger partial charge in [0.05, 0.1) is 6.54 Å². The highest BCUT2D eigenvalue weighted by molar-refractivity contribution is 5.85. The van der Waals surface area contributed by atoms with Crippen molar-refractivity contribution in [2.45, 2.75) is 39.2 Å². The molecule has 7 heteroatoms. The molecule has 0 aromatic heterocycles. The lowest BCUT2D eigenvalue weighted by Gasteiger charge is -2.43. The third kappa shape index (κ3) is 4.41. The zero-order valence-electron chi connectivity index (χ0n) is 14.9. The van der Waals surface area contributed by atoms with Gasteiger partial charge in [0.15, 0.2) is 0 Å². The molecule has 3 fully saturated rings. The number of nitrogens with zero attached hydrogens (tertiary/aromatic N) is 3. The van der Waals surface area contributed by atoms with Crippen LogP contribution in [0.4, 0.5) is 0 Å². The summed E-state index contributed by atoms with van der Waals surface area (Å²) < 4.78 is 0. The molecule has 2 heterocycles. The SMILES string of the molecule is CC1(C)CN(CC(=O)N2CCN(C(=O)C3CC3)CC2)CCC1N.Cl. The van der Waals surface area contributed by atoms with Gasteiger partial charge in [-0.25, -0.2) is 0 Å². The van der Waals surface area contributed by atoms with Gasteiger partial charge in [0.2, 0.25) is 11.8 Å². The summed E-state index contributed by atoms with van der Waals surface area (Å²) in [6.45, 7) is 9.34. The Kier molecular flexibility index (Phi) is 6.15. The molecule has 1 aliphatic carbocycles. The first-order valence-electron chi connectivity index (χ1n) is 8.91. The third-order valence-corrected chi connectivity index (χ3v) is 5.62. The summed E-state index contributed by atoms with van der Waals surface area (Å²) in [7, 11) is 0. The highest BCUT2D eigenvalue weighted by Gasteiger charge is 2.36. The van der Waals surface area contributed by atoms with Crippen LogP contribution < -0.4 is 5.73 Å². The van der Waals surface area contributed by atoms with Crippen LogP contribution in [0.1, 0.15) is 33.1 Å². The molecule has 3 aliphatic rings. The summed E-state index contributed by atoms with van der Waals surface area (Å²) in [5, 5.41) is 0. The number of piperidine rings is 1. The van der Waals surface area contributed by atoms with Crippen molar-refractivity contribution in [3.05, 3.63) is 0 Å². The van der Waals surface area contributed by atoms with Gasteiger partial charge < -0.3 is 15.5 Å². The molecule has 2 N–H and O–H groups in total. The van der Waals surface area contributed by atoms with Gasteiger partial charge in [-0.05, 0) is 24.7 Å². The smallest absolute Gasteiger partial charge is 0.236 e. The van der Waals surface area contributed by atoms with Crippen LogP contribution in [0.5, 0.6) is 0 Å². The molecule has 24 heavy (non-hydrogen) atoms. The second-order valence-corrected chi connectivity index (χ2v) is 8.07. The first kappa shape index (κ1) is 19.5. The number of likely N-dealkylation sites (tertiary alicyclic amines) is 1. The molecule has 2 aliphatic heterocycles. The quantitative estimate of drug-likeness (QED) is 0.799. The summed E-state index contributed by atoms with van der Waals surface area (Å²) in [4.78, 5) is 30.7. The van der Waals surface area contributed by atoms with Crippen LogP contribution in [-0.2, 0) is 9.59 Å². The standard InChI is InChI=1S/C17H30N4O2.ClH/c1-17(2)12-19(6-5-14(17)18)11-15(22)20-7-9-21(10-8-20)16(23)13-3-4-13;/h13-14H,3-12,18H2,1-2H3;1H. The lowest BCUT2D eigenvalue weighted by molar-refractivity contribution is -0.141. The highest BCUT2D eigenvalue weighted by atomic mass is 35.5. The Hall–Kier alpha value is -0.850. The number of amides is 2. The summed E-state index contributed by atoms with van der Waals surface area (Å²) in [5.74, 6) is 0.760. The molecule has 1 unspecified atom stereocenters. The Bertz CT molecular complexity index is 473. The third-order valence-electron chi connectivity index (χ3n) is 5.62. The first-order valence-corrected chi connectivity index (χ1v) is 8.91. The van der Waals surface area contributed by atoms with E-state index in [2.05, 4.69) is 18.7 Å². The summed E-state index contributed by atoms with van der Waals surface area (Å²) in [6.07, 6.45) is 3.04. The van der Waals surface area contributed by atoms with Gasteiger partial charge in [0, 0.05) is 51.2 Å². The Morgan fingerprint density at radius 3 is 2.12 bits per heavy atom. The van der Waals surface area contributed by atoms with Crippen molar-refractivity contribution in [3.63, 3.8) is 0 Å². The van der Waals surface area contributed by atoms with Crippen LogP contribution >= 0.6 is 12.4 Å². The van der Waals surface area contributed by atoms with Crippen molar-refractivity contribution in [3.8, 4) is 0 Å². The van der Waals surface area contributed by atoms with Crippen LogP contribution in [-0.4, -0.2) is 78.4 Å². The molecule has 2 amide bonds. The molecule has 0 aromatic carbocycles. The number of piperazine rings is 1. The number of nitrogens with two attached hydrogens (primary N) is 1. The van der Waals surface area contributed by atoms with Crippen LogP contribution in [0.15, 0.2) is 0 Å². The molecule has 3 rings (SSSR count). The van der Waals surface area contributed by atoms with E-state index in [9.17, 15) is 9.59 Å². The van der Waals surface area contributed by atoms with Gasteiger partial charge in [-0.1, -0.05) is 13.8 Å². The van der Waals surface area contributed by atoms with E-state index in [-0.39, 0.29) is 35.7 Å². The molecule has 0 aromatic rings. The van der Waals surface area contributed by atoms with E-state index < -0.39 is 0 Å². The highest BCUT2D eigenvalue weighted by Crippen LogP contribution is 2.31. The average molecular weight is 359 g/mol. The average Bonchev–Trinajstić information content (AvgIpc) is 3.35. The van der Waals surface area contributed by atoms with Crippen molar-refractivity contribution in [1.82, 2.24) is 14.7 Å². The number of hydrogen-bond donors (Lipinski definition) is 1. The number of carbonyl (C=O) groups excluding carboxylic acids is 2. The van der Waals surface area contributed by atoms with Gasteiger partial charge in [0.25, 0.3) is 0 Å². The van der Waals surface area contributed by atoms with Crippen LogP contribution in [0.2, 0.25) is 0 Å². The zero-order valence-corrected chi connectivity index (χ0v) is 15.7. The lowest BCUT2D eigenvalue weighted by Crippen LogP contribution is -2.56. The molecule has 0 radical (unpaired) electrons. The topological polar surface area (TPSA) is 69.9 Å². The minimum atomic E-state index is 0. The molecule has 1 atom stereocenters. The minimum absolute atomic E-state index is 0. The second kappa shape index (κ2) is 7.58. The van der Waals surface area contributed by atoms with E-state index in [1.165, 1.54) is 0 Å². The van der Waals surface area contributed by atoms with E-state index in [1.807, 2.05) is 9.80 Å². The van der Waals surface area contributed by atoms with Crippen molar-refractivity contribution in [2.24, 2.45) is 17.1 Å². The second-order valence-electron chi connectivity index (χ2n) is 8.07. The molecule has 1 saturated carbocycles. The molecular weight excluding hydrogens is 328 g/mol. The summed E-state index contributed by atoms with van der Waals surface area (Å²) in [5.41, 5.74) is 6.23. The zero-order chi connectivity index (χ0) is 16.6. The van der Waals surface area contributed by atoms with Gasteiger partial charge in [-0.15, -0.1) is 12.4 Å². The van der Waals surface area contributed by atoms with E-state index in [4.69, 9.17) is 5.73 Å². The van der Waals surface area contributed by atoms with Gasteiger partial charge in [0.1, 0.15) is 0 Å². The largest absolute Gasteiger partial charge is 0.339 e. The number of hydrogen-bond acceptors (Lipinski definition) is 4. The Labute approximate surface area is 151 Å². The van der Waals surface area contributed by atoms with Crippen LogP contribution in [0.3, 0.4) is 0 Å². The van der Waals surface area contributed by atoms with Gasteiger partial charge in [-0.2, -0.15) is 0 Å². The Morgan fingerprint density at radius 1 is 1.00 bits per heavy atom. The maximum Gasteiger partial charge on any atom is 0.236 e. The van der Waals surface area contributed by atoms with Gasteiger partial charge >= 0.3 is 0 Å². The van der Waals surface area contributed by atoms with Crippen molar-refractivity contribution < 1.29 is 9.59 Å². The predicted octanol–water partition coefficient (Wildman–Crippen LogP) is 0.548. The Morgan fingerprint density at radius 2 is 1.58 bits per heavy atom. The fourth-order valence-electron chi connectivity index (χ4n) is 3.68. The molecule has 2 saturated heterocycles. The molecule has 138 valence electrons. The number of rotatable bonds is 3. The minimum Gasteiger partial charge on any atom is -0.339 e. The van der Waals surface area contributed by atoms with E-state index >= 15 is 0 Å².